The summed E-state index contributed by atoms with van der Waals surface area (Å²) in [4.78, 5) is 6.34. The highest BCUT2D eigenvalue weighted by atomic mass is 15.1. The lowest BCUT2D eigenvalue weighted by atomic mass is 9.99. The van der Waals surface area contributed by atoms with E-state index >= 15 is 0 Å². The van der Waals surface area contributed by atoms with Gasteiger partial charge in [-0.15, -0.1) is 0 Å². The smallest absolute Gasteiger partial charge is 0.146 e. The molecule has 2 aromatic rings. The SMILES string of the molecule is Cc1cccc(-c2cc(C)nc(N(C)C)c2C#N)c1. The molecular weight excluding hydrogens is 234 g/mol. The Morgan fingerprint density at radius 3 is 2.47 bits per heavy atom. The summed E-state index contributed by atoms with van der Waals surface area (Å²) in [5, 5.41) is 9.45. The Morgan fingerprint density at radius 2 is 1.89 bits per heavy atom. The predicted octanol–water partition coefficient (Wildman–Crippen LogP) is 3.30. The lowest BCUT2D eigenvalue weighted by Crippen LogP contribution is -2.13. The van der Waals surface area contributed by atoms with Crippen LogP contribution in [-0.2, 0) is 0 Å². The van der Waals surface area contributed by atoms with Crippen LogP contribution in [0.4, 0.5) is 5.82 Å². The van der Waals surface area contributed by atoms with Crippen LogP contribution in [0.25, 0.3) is 11.1 Å². The standard InChI is InChI=1S/C16H17N3/c1-11-6-5-7-13(8-11)14-9-12(2)18-16(19(3)4)15(14)10-17/h5-9H,1-4H3. The summed E-state index contributed by atoms with van der Waals surface area (Å²) < 4.78 is 0. The Labute approximate surface area is 114 Å². The van der Waals surface area contributed by atoms with E-state index in [1.165, 1.54) is 5.56 Å². The number of hydrogen-bond donors (Lipinski definition) is 0. The average molecular weight is 251 g/mol. The molecule has 96 valence electrons. The summed E-state index contributed by atoms with van der Waals surface area (Å²) in [6.07, 6.45) is 0. The van der Waals surface area contributed by atoms with Crippen molar-refractivity contribution in [3.05, 3.63) is 47.2 Å². The molecular formula is C16H17N3. The number of rotatable bonds is 2. The Kier molecular flexibility index (Phi) is 3.52. The zero-order valence-corrected chi connectivity index (χ0v) is 11.7. The van der Waals surface area contributed by atoms with Crippen LogP contribution in [0.2, 0.25) is 0 Å². The van der Waals surface area contributed by atoms with Gasteiger partial charge in [-0.25, -0.2) is 4.98 Å². The molecule has 3 nitrogen and oxygen atoms in total. The minimum atomic E-state index is 0.626. The second-order valence-electron chi connectivity index (χ2n) is 4.89. The molecule has 0 amide bonds. The molecule has 2 rings (SSSR count). The van der Waals surface area contributed by atoms with Gasteiger partial charge in [-0.05, 0) is 25.5 Å². The maximum atomic E-state index is 9.45. The van der Waals surface area contributed by atoms with Crippen molar-refractivity contribution < 1.29 is 0 Å². The third-order valence-corrected chi connectivity index (χ3v) is 2.99. The summed E-state index contributed by atoms with van der Waals surface area (Å²) in [7, 11) is 3.81. The highest BCUT2D eigenvalue weighted by Crippen LogP contribution is 2.30. The fraction of sp³-hybridized carbons (Fsp3) is 0.250. The fourth-order valence-corrected chi connectivity index (χ4v) is 2.13. The zero-order valence-electron chi connectivity index (χ0n) is 11.7. The highest BCUT2D eigenvalue weighted by molar-refractivity contribution is 5.77. The van der Waals surface area contributed by atoms with E-state index in [4.69, 9.17) is 0 Å². The minimum absolute atomic E-state index is 0.626. The van der Waals surface area contributed by atoms with E-state index in [0.29, 0.717) is 5.56 Å². The van der Waals surface area contributed by atoms with Crippen LogP contribution in [-0.4, -0.2) is 19.1 Å². The van der Waals surface area contributed by atoms with Gasteiger partial charge in [-0.3, -0.25) is 0 Å². The predicted molar refractivity (Wildman–Crippen MR) is 78.2 cm³/mol. The lowest BCUT2D eigenvalue weighted by molar-refractivity contribution is 1.04. The molecule has 0 bridgehead atoms. The fourth-order valence-electron chi connectivity index (χ4n) is 2.13. The maximum Gasteiger partial charge on any atom is 0.146 e. The highest BCUT2D eigenvalue weighted by Gasteiger charge is 2.14. The summed E-state index contributed by atoms with van der Waals surface area (Å²) in [6.45, 7) is 4.00. The van der Waals surface area contributed by atoms with Crippen molar-refractivity contribution >= 4 is 5.82 Å². The first-order chi connectivity index (χ1) is 9.02. The molecule has 19 heavy (non-hydrogen) atoms. The van der Waals surface area contributed by atoms with Crippen molar-refractivity contribution in [1.82, 2.24) is 4.98 Å². The van der Waals surface area contributed by atoms with E-state index in [2.05, 4.69) is 30.1 Å². The zero-order chi connectivity index (χ0) is 14.0. The van der Waals surface area contributed by atoms with Crippen molar-refractivity contribution in [1.29, 1.82) is 5.26 Å². The van der Waals surface area contributed by atoms with Gasteiger partial charge >= 0.3 is 0 Å². The Hall–Kier alpha value is -2.34. The molecule has 0 saturated carbocycles. The van der Waals surface area contributed by atoms with E-state index in [9.17, 15) is 5.26 Å². The van der Waals surface area contributed by atoms with Crippen LogP contribution >= 0.6 is 0 Å². The molecule has 0 aliphatic carbocycles. The van der Waals surface area contributed by atoms with Gasteiger partial charge in [0, 0.05) is 25.4 Å². The average Bonchev–Trinajstić information content (AvgIpc) is 2.37. The van der Waals surface area contributed by atoms with Crippen molar-refractivity contribution in [2.45, 2.75) is 13.8 Å². The molecule has 1 aromatic carbocycles. The number of hydrogen-bond acceptors (Lipinski definition) is 3. The number of nitrogens with zero attached hydrogens (tertiary/aromatic N) is 3. The molecule has 0 N–H and O–H groups in total. The van der Waals surface area contributed by atoms with E-state index < -0.39 is 0 Å². The number of pyridine rings is 1. The normalized spacial score (nSPS) is 10.1. The lowest BCUT2D eigenvalue weighted by Gasteiger charge is -2.16. The Balaban J connectivity index is 2.73. The summed E-state index contributed by atoms with van der Waals surface area (Å²) >= 11 is 0. The number of benzene rings is 1. The summed E-state index contributed by atoms with van der Waals surface area (Å²) in [5.74, 6) is 0.721. The molecule has 1 heterocycles. The van der Waals surface area contributed by atoms with Crippen LogP contribution in [0.1, 0.15) is 16.8 Å². The van der Waals surface area contributed by atoms with E-state index in [0.717, 1.165) is 22.6 Å². The molecule has 0 spiro atoms. The number of nitriles is 1. The van der Waals surface area contributed by atoms with E-state index in [1.807, 2.05) is 44.1 Å². The third-order valence-electron chi connectivity index (χ3n) is 2.99. The molecule has 0 atom stereocenters. The Morgan fingerprint density at radius 1 is 1.16 bits per heavy atom. The molecule has 3 heteroatoms. The van der Waals surface area contributed by atoms with Crippen LogP contribution in [0, 0.1) is 25.2 Å². The molecule has 0 aliphatic heterocycles. The van der Waals surface area contributed by atoms with Gasteiger partial charge in [0.15, 0.2) is 0 Å². The molecule has 0 aliphatic rings. The van der Waals surface area contributed by atoms with Crippen LogP contribution in [0.3, 0.4) is 0 Å². The van der Waals surface area contributed by atoms with Gasteiger partial charge in [0.25, 0.3) is 0 Å². The Bertz CT molecular complexity index is 652. The molecule has 1 aromatic heterocycles. The van der Waals surface area contributed by atoms with E-state index in [1.54, 1.807) is 0 Å². The number of anilines is 1. The second-order valence-corrected chi connectivity index (χ2v) is 4.89. The molecule has 0 saturated heterocycles. The largest absolute Gasteiger partial charge is 0.362 e. The van der Waals surface area contributed by atoms with Crippen molar-refractivity contribution in [2.24, 2.45) is 0 Å². The van der Waals surface area contributed by atoms with Crippen molar-refractivity contribution in [3.8, 4) is 17.2 Å². The van der Waals surface area contributed by atoms with Crippen molar-refractivity contribution in [2.75, 3.05) is 19.0 Å². The monoisotopic (exact) mass is 251 g/mol. The first kappa shape index (κ1) is 13.1. The topological polar surface area (TPSA) is 39.9 Å². The number of aryl methyl sites for hydroxylation is 2. The van der Waals surface area contributed by atoms with Crippen LogP contribution in [0.5, 0.6) is 0 Å². The van der Waals surface area contributed by atoms with Crippen molar-refractivity contribution in [3.63, 3.8) is 0 Å². The quantitative estimate of drug-likeness (QED) is 0.822. The second kappa shape index (κ2) is 5.11. The van der Waals surface area contributed by atoms with Gasteiger partial charge in [0.2, 0.25) is 0 Å². The first-order valence-corrected chi connectivity index (χ1v) is 6.19. The summed E-state index contributed by atoms with van der Waals surface area (Å²) in [6, 6.07) is 12.4. The van der Waals surface area contributed by atoms with Gasteiger partial charge in [-0.1, -0.05) is 29.8 Å². The minimum Gasteiger partial charge on any atom is -0.362 e. The van der Waals surface area contributed by atoms with Crippen LogP contribution in [0.15, 0.2) is 30.3 Å². The first-order valence-electron chi connectivity index (χ1n) is 6.19. The summed E-state index contributed by atoms with van der Waals surface area (Å²) in [5.41, 5.74) is 4.73. The van der Waals surface area contributed by atoms with Crippen LogP contribution < -0.4 is 4.90 Å². The maximum absolute atomic E-state index is 9.45. The third kappa shape index (κ3) is 2.58. The molecule has 0 unspecified atom stereocenters. The van der Waals surface area contributed by atoms with Gasteiger partial charge < -0.3 is 4.90 Å². The van der Waals surface area contributed by atoms with Gasteiger partial charge in [0.05, 0.1) is 0 Å². The van der Waals surface area contributed by atoms with E-state index in [-0.39, 0.29) is 0 Å². The molecule has 0 radical (unpaired) electrons. The number of aromatic nitrogens is 1. The van der Waals surface area contributed by atoms with Gasteiger partial charge in [0.1, 0.15) is 17.5 Å². The molecule has 0 fully saturated rings. The van der Waals surface area contributed by atoms with Gasteiger partial charge in [-0.2, -0.15) is 5.26 Å².